The van der Waals surface area contributed by atoms with E-state index in [0.29, 0.717) is 11.6 Å². The minimum Gasteiger partial charge on any atom is -0.389 e. The van der Waals surface area contributed by atoms with Crippen LogP contribution in [0.25, 0.3) is 0 Å². The van der Waals surface area contributed by atoms with Crippen LogP contribution in [0.5, 0.6) is 0 Å². The Kier molecular flexibility index (Phi) is 5.21. The van der Waals surface area contributed by atoms with E-state index in [1.54, 1.807) is 12.4 Å². The number of rotatable bonds is 4. The molecule has 0 unspecified atom stereocenters. The summed E-state index contributed by atoms with van der Waals surface area (Å²) in [5.41, 5.74) is 1.87. The van der Waals surface area contributed by atoms with Gasteiger partial charge in [-0.05, 0) is 37.7 Å². The summed E-state index contributed by atoms with van der Waals surface area (Å²) in [6.45, 7) is 2.26. The first-order chi connectivity index (χ1) is 11.5. The zero-order chi connectivity index (χ0) is 17.2. The molecular weight excluding hydrogens is 322 g/mol. The summed E-state index contributed by atoms with van der Waals surface area (Å²) in [6.07, 6.45) is 3.83. The van der Waals surface area contributed by atoms with Gasteiger partial charge < -0.3 is 5.11 Å². The van der Waals surface area contributed by atoms with Gasteiger partial charge in [-0.3, -0.25) is 14.8 Å². The summed E-state index contributed by atoms with van der Waals surface area (Å²) in [5, 5.41) is 11.7. The van der Waals surface area contributed by atoms with Gasteiger partial charge in [-0.2, -0.15) is 0 Å². The van der Waals surface area contributed by atoms with Gasteiger partial charge in [-0.1, -0.05) is 41.9 Å². The minimum absolute atomic E-state index is 0.347. The average Bonchev–Trinajstić information content (AvgIpc) is 2.58. The molecule has 0 aliphatic carbocycles. The number of likely N-dealkylation sites (tertiary alicyclic amines) is 1. The second-order valence-electron chi connectivity index (χ2n) is 6.65. The lowest BCUT2D eigenvalue weighted by Gasteiger charge is -2.50. The van der Waals surface area contributed by atoms with E-state index in [-0.39, 0.29) is 5.54 Å². The van der Waals surface area contributed by atoms with Crippen molar-refractivity contribution in [2.45, 2.75) is 24.6 Å². The predicted molar refractivity (Wildman–Crippen MR) is 97.0 cm³/mol. The second kappa shape index (κ2) is 7.19. The molecule has 4 nitrogen and oxygen atoms in total. The highest BCUT2D eigenvalue weighted by Crippen LogP contribution is 2.38. The van der Waals surface area contributed by atoms with Crippen LogP contribution < -0.4 is 0 Å². The van der Waals surface area contributed by atoms with Crippen molar-refractivity contribution >= 4 is 11.6 Å². The molecule has 0 spiro atoms. The molecule has 1 aromatic carbocycles. The molecule has 0 radical (unpaired) electrons. The Morgan fingerprint density at radius 3 is 2.67 bits per heavy atom. The van der Waals surface area contributed by atoms with Crippen molar-refractivity contribution in [3.05, 3.63) is 64.9 Å². The van der Waals surface area contributed by atoms with Crippen molar-refractivity contribution in [2.24, 2.45) is 0 Å². The van der Waals surface area contributed by atoms with Crippen molar-refractivity contribution in [2.75, 3.05) is 27.2 Å². The number of aromatic nitrogens is 1. The van der Waals surface area contributed by atoms with Crippen molar-refractivity contribution in [1.82, 2.24) is 14.8 Å². The monoisotopic (exact) mass is 345 g/mol. The first kappa shape index (κ1) is 17.4. The van der Waals surface area contributed by atoms with Gasteiger partial charge in [0, 0.05) is 32.0 Å². The van der Waals surface area contributed by atoms with E-state index in [9.17, 15) is 5.11 Å². The number of aliphatic hydroxyl groups is 1. The van der Waals surface area contributed by atoms with Crippen molar-refractivity contribution in [1.29, 1.82) is 0 Å². The van der Waals surface area contributed by atoms with Crippen LogP contribution in [-0.4, -0.2) is 53.2 Å². The lowest BCUT2D eigenvalue weighted by molar-refractivity contribution is -0.0702. The Bertz CT molecular complexity index is 679. The highest BCUT2D eigenvalue weighted by molar-refractivity contribution is 6.31. The smallest absolute Gasteiger partial charge is 0.0892 e. The molecule has 1 aliphatic rings. The van der Waals surface area contributed by atoms with E-state index in [0.717, 1.165) is 25.1 Å². The number of pyridine rings is 1. The van der Waals surface area contributed by atoms with Crippen LogP contribution in [0.3, 0.4) is 0 Å². The van der Waals surface area contributed by atoms with E-state index in [1.807, 2.05) is 38.4 Å². The highest BCUT2D eigenvalue weighted by atomic mass is 35.5. The van der Waals surface area contributed by atoms with Gasteiger partial charge in [-0.15, -0.1) is 0 Å². The summed E-state index contributed by atoms with van der Waals surface area (Å²) in [6, 6.07) is 12.3. The average molecular weight is 346 g/mol. The normalized spacial score (nSPS) is 25.1. The molecule has 1 saturated heterocycles. The molecule has 0 saturated carbocycles. The van der Waals surface area contributed by atoms with Crippen LogP contribution in [0.1, 0.15) is 17.5 Å². The fourth-order valence-corrected chi connectivity index (χ4v) is 3.92. The lowest BCUT2D eigenvalue weighted by Crippen LogP contribution is -2.59. The number of piperidine rings is 1. The zero-order valence-corrected chi connectivity index (χ0v) is 14.9. The fraction of sp³-hybridized carbons (Fsp3) is 0.421. The van der Waals surface area contributed by atoms with Crippen LogP contribution in [0.2, 0.25) is 5.02 Å². The highest BCUT2D eigenvalue weighted by Gasteiger charge is 2.45. The quantitative estimate of drug-likeness (QED) is 0.925. The van der Waals surface area contributed by atoms with Crippen LogP contribution in [0.4, 0.5) is 0 Å². The minimum atomic E-state index is -0.468. The predicted octanol–water partition coefficient (Wildman–Crippen LogP) is 2.76. The maximum absolute atomic E-state index is 11.0. The number of aliphatic hydroxyl groups excluding tert-OH is 1. The largest absolute Gasteiger partial charge is 0.389 e. The van der Waals surface area contributed by atoms with Gasteiger partial charge in [0.25, 0.3) is 0 Å². The third kappa shape index (κ3) is 3.20. The summed E-state index contributed by atoms with van der Waals surface area (Å²) in [7, 11) is 4.09. The third-order valence-corrected chi connectivity index (χ3v) is 5.45. The summed E-state index contributed by atoms with van der Waals surface area (Å²) in [4.78, 5) is 8.45. The van der Waals surface area contributed by atoms with Crippen LogP contribution in [0.15, 0.2) is 48.8 Å². The fourth-order valence-electron chi connectivity index (χ4n) is 3.74. The molecule has 24 heavy (non-hydrogen) atoms. The first-order valence-corrected chi connectivity index (χ1v) is 8.63. The number of β-amino-alcohol motifs (C(OH)–C–C–N with tert-alkyl or cyclic N) is 1. The Morgan fingerprint density at radius 1 is 1.29 bits per heavy atom. The molecule has 3 rings (SSSR count). The van der Waals surface area contributed by atoms with Gasteiger partial charge in [-0.25, -0.2) is 0 Å². The SMILES string of the molecule is CN(C)[C@]1(c2ccccc2)CCN(Cc2ccncc2Cl)C[C@H]1O. The Morgan fingerprint density at radius 2 is 2.04 bits per heavy atom. The van der Waals surface area contributed by atoms with Gasteiger partial charge in [0.2, 0.25) is 0 Å². The summed E-state index contributed by atoms with van der Waals surface area (Å²) in [5.74, 6) is 0. The molecule has 128 valence electrons. The van der Waals surface area contributed by atoms with E-state index in [1.165, 1.54) is 5.56 Å². The Balaban J connectivity index is 1.80. The maximum Gasteiger partial charge on any atom is 0.0892 e. The topological polar surface area (TPSA) is 39.6 Å². The van der Waals surface area contributed by atoms with Gasteiger partial charge >= 0.3 is 0 Å². The lowest BCUT2D eigenvalue weighted by atomic mass is 9.77. The summed E-state index contributed by atoms with van der Waals surface area (Å²) < 4.78 is 0. The zero-order valence-electron chi connectivity index (χ0n) is 14.2. The standard InChI is InChI=1S/C19H24ClN3O/c1-22(2)19(16-6-4-3-5-7-16)9-11-23(14-18(19)24)13-15-8-10-21-12-17(15)20/h3-8,10,12,18,24H,9,11,13-14H2,1-2H3/t18-,19+/m1/s1. The van der Waals surface area contributed by atoms with Gasteiger partial charge in [0.15, 0.2) is 0 Å². The number of likely N-dealkylation sites (N-methyl/N-ethyl adjacent to an activating group) is 1. The molecular formula is C19H24ClN3O. The van der Waals surface area contributed by atoms with Gasteiger partial charge in [0.05, 0.1) is 16.7 Å². The summed E-state index contributed by atoms with van der Waals surface area (Å²) >= 11 is 6.22. The number of halogens is 1. The second-order valence-corrected chi connectivity index (χ2v) is 7.06. The number of benzene rings is 1. The molecule has 0 bridgehead atoms. The van der Waals surface area contributed by atoms with E-state index < -0.39 is 6.10 Å². The van der Waals surface area contributed by atoms with E-state index >= 15 is 0 Å². The van der Waals surface area contributed by atoms with Crippen molar-refractivity contribution in [3.8, 4) is 0 Å². The van der Waals surface area contributed by atoms with Gasteiger partial charge in [0.1, 0.15) is 0 Å². The Labute approximate surface area is 148 Å². The molecule has 1 N–H and O–H groups in total. The number of hydrogen-bond donors (Lipinski definition) is 1. The molecule has 2 aromatic rings. The van der Waals surface area contributed by atoms with E-state index in [4.69, 9.17) is 11.6 Å². The maximum atomic E-state index is 11.0. The van der Waals surface area contributed by atoms with Crippen LogP contribution in [0, 0.1) is 0 Å². The first-order valence-electron chi connectivity index (χ1n) is 8.26. The molecule has 2 atom stereocenters. The molecule has 1 fully saturated rings. The van der Waals surface area contributed by atoms with Crippen molar-refractivity contribution < 1.29 is 5.11 Å². The molecule has 0 amide bonds. The number of hydrogen-bond acceptors (Lipinski definition) is 4. The van der Waals surface area contributed by atoms with Crippen LogP contribution >= 0.6 is 11.6 Å². The molecule has 1 aromatic heterocycles. The Hall–Kier alpha value is -1.46. The molecule has 1 aliphatic heterocycles. The van der Waals surface area contributed by atoms with Crippen molar-refractivity contribution in [3.63, 3.8) is 0 Å². The molecule has 2 heterocycles. The molecule has 5 heteroatoms. The van der Waals surface area contributed by atoms with Crippen LogP contribution in [-0.2, 0) is 12.1 Å². The third-order valence-electron chi connectivity index (χ3n) is 5.11. The van der Waals surface area contributed by atoms with E-state index in [2.05, 4.69) is 26.9 Å². The number of nitrogens with zero attached hydrogens (tertiary/aromatic N) is 3.